The number of fused-ring (bicyclic) bond motifs is 6. The van der Waals surface area contributed by atoms with Crippen LogP contribution in [0.3, 0.4) is 0 Å². The third kappa shape index (κ3) is 7.45. The summed E-state index contributed by atoms with van der Waals surface area (Å²) in [5.41, 5.74) is -2.56. The van der Waals surface area contributed by atoms with E-state index in [4.69, 9.17) is 14.2 Å². The SMILES string of the molecule is COc1ccc2nc(C(F)F)c3c(c2c1)CC[C@]1(C[C@H]2C(=O)NC4(C(=O)NS(=O)(=O)C5(C)CC5)C[C@H]4/C=C\CCCCC[C@H](CC(=O)OC4C[C@@H]5C[C@@H]5C4)C(=O)N2C1)O3. The highest BCUT2D eigenvalue weighted by Crippen LogP contribution is 2.53. The van der Waals surface area contributed by atoms with E-state index >= 15 is 0 Å². The van der Waals surface area contributed by atoms with Crippen LogP contribution in [0, 0.1) is 23.7 Å². The Morgan fingerprint density at radius 1 is 1.08 bits per heavy atom. The Morgan fingerprint density at radius 3 is 2.59 bits per heavy atom. The van der Waals surface area contributed by atoms with Gasteiger partial charge in [0.05, 0.1) is 30.3 Å². The molecule has 1 spiro atoms. The van der Waals surface area contributed by atoms with Crippen LogP contribution in [0.15, 0.2) is 30.4 Å². The van der Waals surface area contributed by atoms with Crippen molar-refractivity contribution in [2.45, 2.75) is 138 Å². The number of carbonyl (C=O) groups is 4. The van der Waals surface area contributed by atoms with Gasteiger partial charge in [0, 0.05) is 29.2 Å². The molecule has 318 valence electrons. The number of rotatable bonds is 8. The lowest BCUT2D eigenvalue weighted by molar-refractivity contribution is -0.154. The average molecular weight is 839 g/mol. The Labute approximate surface area is 342 Å². The van der Waals surface area contributed by atoms with Crippen molar-refractivity contribution in [1.29, 1.82) is 0 Å². The second-order valence-corrected chi connectivity index (χ2v) is 20.6. The van der Waals surface area contributed by atoms with Crippen LogP contribution in [-0.2, 0) is 40.4 Å². The number of benzene rings is 1. The van der Waals surface area contributed by atoms with Crippen LogP contribution in [0.4, 0.5) is 8.78 Å². The lowest BCUT2D eigenvalue weighted by Gasteiger charge is -2.37. The molecule has 1 saturated heterocycles. The maximum Gasteiger partial charge on any atom is 0.306 e. The van der Waals surface area contributed by atoms with Crippen molar-refractivity contribution in [2.75, 3.05) is 13.7 Å². The van der Waals surface area contributed by atoms with Gasteiger partial charge in [-0.1, -0.05) is 25.0 Å². The predicted molar refractivity (Wildman–Crippen MR) is 210 cm³/mol. The highest BCUT2D eigenvalue weighted by atomic mass is 32.2. The van der Waals surface area contributed by atoms with E-state index in [0.717, 1.165) is 32.1 Å². The topological polar surface area (TPSA) is 170 Å². The molecule has 4 heterocycles. The van der Waals surface area contributed by atoms with Crippen molar-refractivity contribution in [3.05, 3.63) is 41.6 Å². The fourth-order valence-electron chi connectivity index (χ4n) is 10.1. The van der Waals surface area contributed by atoms with Crippen LogP contribution >= 0.6 is 0 Å². The van der Waals surface area contributed by atoms with E-state index in [0.29, 0.717) is 66.2 Å². The van der Waals surface area contributed by atoms with Crippen LogP contribution in [0.1, 0.15) is 114 Å². The summed E-state index contributed by atoms with van der Waals surface area (Å²) >= 11 is 0. The predicted octanol–water partition coefficient (Wildman–Crippen LogP) is 5.59. The first-order chi connectivity index (χ1) is 28.1. The molecule has 4 saturated carbocycles. The molecule has 3 amide bonds. The number of methoxy groups -OCH3 is 1. The maximum absolute atomic E-state index is 14.9. The lowest BCUT2D eigenvalue weighted by Crippen LogP contribution is -2.57. The number of allylic oxidation sites excluding steroid dienone is 1. The van der Waals surface area contributed by atoms with Crippen molar-refractivity contribution in [3.8, 4) is 11.5 Å². The molecule has 3 aliphatic heterocycles. The Morgan fingerprint density at radius 2 is 1.86 bits per heavy atom. The first-order valence-electron chi connectivity index (χ1n) is 21.2. The second kappa shape index (κ2) is 14.7. The van der Waals surface area contributed by atoms with Crippen LogP contribution in [0.5, 0.6) is 11.5 Å². The minimum atomic E-state index is -4.05. The van der Waals surface area contributed by atoms with E-state index < -0.39 is 79.6 Å². The number of sulfonamides is 1. The van der Waals surface area contributed by atoms with Crippen molar-refractivity contribution in [1.82, 2.24) is 19.9 Å². The molecule has 13 nitrogen and oxygen atoms in total. The van der Waals surface area contributed by atoms with E-state index in [1.54, 1.807) is 25.1 Å². The number of halogens is 2. The molecule has 0 bridgehead atoms. The Hall–Kier alpha value is -4.34. The monoisotopic (exact) mass is 838 g/mol. The molecule has 2 aromatic rings. The van der Waals surface area contributed by atoms with Crippen molar-refractivity contribution >= 4 is 44.6 Å². The number of aromatic nitrogens is 1. The molecule has 4 aliphatic carbocycles. The number of ether oxygens (including phenoxy) is 3. The fourth-order valence-corrected chi connectivity index (χ4v) is 11.4. The quantitative estimate of drug-likeness (QED) is 0.253. The zero-order valence-electron chi connectivity index (χ0n) is 33.5. The van der Waals surface area contributed by atoms with Gasteiger partial charge in [0.25, 0.3) is 12.3 Å². The minimum Gasteiger partial charge on any atom is -0.497 e. The summed E-state index contributed by atoms with van der Waals surface area (Å²) in [4.78, 5) is 62.8. The number of carbonyl (C=O) groups excluding carboxylic acids is 4. The number of hydrogen-bond acceptors (Lipinski definition) is 10. The number of nitrogens with zero attached hydrogens (tertiary/aromatic N) is 2. The number of esters is 1. The molecule has 1 aromatic heterocycles. The number of aryl methyl sites for hydroxylation is 1. The standard InChI is InChI=1S/C43H52F2N4O9S/c1-41(14-15-41)59(54,55)48-40(53)43-21-27(43)9-7-5-3-4-6-8-24(19-34(50)57-29-17-25-16-26(25)18-29)39(52)49-23-42(22-33(49)38(51)47-43)13-12-30-31-20-28(56-2)10-11-32(31)46-35(37(44)45)36(30)58-42/h7,9-11,20,24-27,29,33,37H,3-6,8,12-19,21-23H2,1-2H3,(H,47,51)(H,48,53)/b9-7-/t24-,25-,26+,27-,29?,33+,42-,43?/m1/s1. The summed E-state index contributed by atoms with van der Waals surface area (Å²) in [6.45, 7) is 1.43. The number of amides is 3. The summed E-state index contributed by atoms with van der Waals surface area (Å²) in [5.74, 6) is -2.18. The van der Waals surface area contributed by atoms with Gasteiger partial charge in [-0.15, -0.1) is 0 Å². The molecule has 2 unspecified atom stereocenters. The molecule has 8 atom stereocenters. The van der Waals surface area contributed by atoms with Crippen molar-refractivity contribution in [2.24, 2.45) is 23.7 Å². The van der Waals surface area contributed by atoms with Crippen LogP contribution in [0.25, 0.3) is 10.9 Å². The van der Waals surface area contributed by atoms with E-state index in [2.05, 4.69) is 15.0 Å². The maximum atomic E-state index is 14.9. The normalized spacial score (nSPS) is 33.9. The number of pyridine rings is 1. The molecule has 59 heavy (non-hydrogen) atoms. The van der Waals surface area contributed by atoms with Gasteiger partial charge in [-0.3, -0.25) is 23.9 Å². The lowest BCUT2D eigenvalue weighted by atomic mass is 9.87. The minimum absolute atomic E-state index is 0.0978. The van der Waals surface area contributed by atoms with Crippen molar-refractivity contribution in [3.63, 3.8) is 0 Å². The molecular weight excluding hydrogens is 787 g/mol. The van der Waals surface area contributed by atoms with E-state index in [1.807, 2.05) is 12.2 Å². The highest BCUT2D eigenvalue weighted by Gasteiger charge is 2.64. The van der Waals surface area contributed by atoms with Crippen LogP contribution in [0.2, 0.25) is 0 Å². The summed E-state index contributed by atoms with van der Waals surface area (Å²) in [6.07, 6.45) is 7.88. The van der Waals surface area contributed by atoms with Gasteiger partial charge in [-0.2, -0.15) is 0 Å². The van der Waals surface area contributed by atoms with Gasteiger partial charge in [-0.05, 0) is 108 Å². The Kier molecular flexibility index (Phi) is 9.98. The third-order valence-electron chi connectivity index (χ3n) is 14.3. The number of hydrogen-bond donors (Lipinski definition) is 2. The molecule has 2 N–H and O–H groups in total. The average Bonchev–Trinajstić information content (AvgIpc) is 4.16. The number of alkyl halides is 2. The third-order valence-corrected chi connectivity index (χ3v) is 16.4. The Bertz CT molecular complexity index is 2220. The van der Waals surface area contributed by atoms with Gasteiger partial charge < -0.3 is 24.4 Å². The van der Waals surface area contributed by atoms with Gasteiger partial charge >= 0.3 is 5.97 Å². The smallest absolute Gasteiger partial charge is 0.306 e. The van der Waals surface area contributed by atoms with E-state index in [-0.39, 0.29) is 50.5 Å². The first-order valence-corrected chi connectivity index (χ1v) is 22.6. The van der Waals surface area contributed by atoms with Crippen LogP contribution in [-0.4, -0.2) is 83.7 Å². The fraction of sp³-hybridized carbons (Fsp3) is 0.651. The Balaban J connectivity index is 1.05. The largest absolute Gasteiger partial charge is 0.497 e. The second-order valence-electron chi connectivity index (χ2n) is 18.4. The highest BCUT2D eigenvalue weighted by molar-refractivity contribution is 7.91. The summed E-state index contributed by atoms with van der Waals surface area (Å²) in [6, 6.07) is 3.75. The summed E-state index contributed by atoms with van der Waals surface area (Å²) in [5, 5.41) is 3.48. The molecule has 7 aliphatic rings. The van der Waals surface area contributed by atoms with Gasteiger partial charge in [0.15, 0.2) is 5.75 Å². The molecule has 1 aromatic carbocycles. The molecule has 0 radical (unpaired) electrons. The molecule has 16 heteroatoms. The zero-order valence-corrected chi connectivity index (χ0v) is 34.3. The molecular formula is C43H52F2N4O9S. The van der Waals surface area contributed by atoms with Crippen molar-refractivity contribution < 1.29 is 50.6 Å². The zero-order chi connectivity index (χ0) is 41.5. The molecule has 9 rings (SSSR count). The first kappa shape index (κ1) is 40.1. The van der Waals surface area contributed by atoms with E-state index in [1.165, 1.54) is 12.0 Å². The van der Waals surface area contributed by atoms with Crippen LogP contribution < -0.4 is 19.5 Å². The summed E-state index contributed by atoms with van der Waals surface area (Å²) < 4.78 is 75.1. The molecule has 5 fully saturated rings. The van der Waals surface area contributed by atoms with E-state index in [9.17, 15) is 36.4 Å². The van der Waals surface area contributed by atoms with Gasteiger partial charge in [-0.25, -0.2) is 22.2 Å². The summed E-state index contributed by atoms with van der Waals surface area (Å²) in [7, 11) is -2.54. The van der Waals surface area contributed by atoms with Gasteiger partial charge in [0.2, 0.25) is 21.8 Å². The van der Waals surface area contributed by atoms with Gasteiger partial charge in [0.1, 0.15) is 34.7 Å². The number of nitrogens with one attached hydrogen (secondary N) is 2.